The number of halogens is 1. The third-order valence-corrected chi connectivity index (χ3v) is 5.13. The lowest BCUT2D eigenvalue weighted by Gasteiger charge is -2.27. The van der Waals surface area contributed by atoms with E-state index in [1.165, 1.54) is 4.90 Å². The predicted octanol–water partition coefficient (Wildman–Crippen LogP) is 2.58. The number of ketones is 1. The topological polar surface area (TPSA) is 74.6 Å². The van der Waals surface area contributed by atoms with Gasteiger partial charge in [-0.05, 0) is 29.3 Å². The molecular formula is C23H17ClN2O3. The van der Waals surface area contributed by atoms with Crippen LogP contribution in [0.3, 0.4) is 0 Å². The summed E-state index contributed by atoms with van der Waals surface area (Å²) in [6.45, 7) is 0.195. The van der Waals surface area contributed by atoms with E-state index in [2.05, 4.69) is 4.98 Å². The van der Waals surface area contributed by atoms with Gasteiger partial charge in [0.05, 0.1) is 12.6 Å². The summed E-state index contributed by atoms with van der Waals surface area (Å²) >= 11 is 6.01. The van der Waals surface area contributed by atoms with Crippen LogP contribution < -0.4 is 10.1 Å². The van der Waals surface area contributed by atoms with Gasteiger partial charge in [0.25, 0.3) is 5.91 Å². The maximum absolute atomic E-state index is 13.2. The molecule has 0 saturated carbocycles. The highest BCUT2D eigenvalue weighted by molar-refractivity contribution is 6.46. The van der Waals surface area contributed by atoms with Gasteiger partial charge in [-0.25, -0.2) is 4.98 Å². The van der Waals surface area contributed by atoms with Crippen molar-refractivity contribution < 1.29 is 19.7 Å². The molecule has 4 rings (SSSR count). The summed E-state index contributed by atoms with van der Waals surface area (Å²) in [6, 6.07) is 18.3. The van der Waals surface area contributed by atoms with Crippen molar-refractivity contribution in [2.45, 2.75) is 12.6 Å². The third kappa shape index (κ3) is 3.65. The zero-order valence-electron chi connectivity index (χ0n) is 15.3. The molecule has 1 aliphatic heterocycles. The number of aromatic amines is 1. The van der Waals surface area contributed by atoms with Gasteiger partial charge in [0.15, 0.2) is 12.4 Å². The van der Waals surface area contributed by atoms with E-state index in [0.717, 1.165) is 5.56 Å². The Labute approximate surface area is 172 Å². The highest BCUT2D eigenvalue weighted by atomic mass is 35.5. The normalized spacial score (nSPS) is 18.2. The molecule has 2 heterocycles. The Kier molecular flexibility index (Phi) is 5.14. The van der Waals surface area contributed by atoms with E-state index in [4.69, 9.17) is 11.6 Å². The second-order valence-corrected chi connectivity index (χ2v) is 7.17. The smallest absolute Gasteiger partial charge is 0.295 e. The molecular weight excluding hydrogens is 388 g/mol. The van der Waals surface area contributed by atoms with Crippen LogP contribution in [0.5, 0.6) is 0 Å². The van der Waals surface area contributed by atoms with Gasteiger partial charge in [-0.15, -0.1) is 0 Å². The molecule has 1 atom stereocenters. The number of hydrogen-bond donors (Lipinski definition) is 0. The van der Waals surface area contributed by atoms with E-state index in [0.29, 0.717) is 16.1 Å². The van der Waals surface area contributed by atoms with Crippen LogP contribution in [0.1, 0.15) is 22.7 Å². The molecule has 29 heavy (non-hydrogen) atoms. The van der Waals surface area contributed by atoms with Crippen LogP contribution in [0.25, 0.3) is 5.76 Å². The first-order valence-electron chi connectivity index (χ1n) is 9.08. The number of carbonyl (C=O) groups excluding carboxylic acids is 2. The molecule has 3 aromatic rings. The van der Waals surface area contributed by atoms with Crippen LogP contribution in [-0.2, 0) is 16.1 Å². The number of carbonyl (C=O) groups is 2. The molecule has 1 aromatic heterocycles. The zero-order chi connectivity index (χ0) is 20.4. The van der Waals surface area contributed by atoms with Gasteiger partial charge in [-0.2, -0.15) is 0 Å². The second-order valence-electron chi connectivity index (χ2n) is 6.74. The number of likely N-dealkylation sites (tertiary alicyclic amines) is 1. The molecule has 2 aromatic carbocycles. The number of H-pyrrole nitrogens is 1. The van der Waals surface area contributed by atoms with Crippen molar-refractivity contribution in [3.8, 4) is 0 Å². The number of Topliss-reactive ketones (excluding diaryl/α,β-unsaturated/α-hetero) is 1. The second kappa shape index (κ2) is 7.89. The van der Waals surface area contributed by atoms with Crippen LogP contribution in [0, 0.1) is 0 Å². The summed E-state index contributed by atoms with van der Waals surface area (Å²) in [5.74, 6) is -1.89. The van der Waals surface area contributed by atoms with Crippen molar-refractivity contribution >= 4 is 29.1 Å². The maximum Gasteiger partial charge on any atom is 0.295 e. The zero-order valence-corrected chi connectivity index (χ0v) is 16.1. The Hall–Kier alpha value is -3.44. The molecule has 0 bridgehead atoms. The average Bonchev–Trinajstić information content (AvgIpc) is 3.00. The highest BCUT2D eigenvalue weighted by Gasteiger charge is 2.44. The lowest BCUT2D eigenvalue weighted by Crippen LogP contribution is -2.29. The number of amides is 1. The number of nitrogens with zero attached hydrogens (tertiary/aromatic N) is 1. The Bertz CT molecular complexity index is 1080. The van der Waals surface area contributed by atoms with Crippen LogP contribution in [-0.4, -0.2) is 16.6 Å². The summed E-state index contributed by atoms with van der Waals surface area (Å²) in [5.41, 5.74) is 1.81. The number of rotatable bonds is 4. The molecule has 1 N–H and O–H groups in total. The number of pyridine rings is 1. The first-order chi connectivity index (χ1) is 14.1. The van der Waals surface area contributed by atoms with Gasteiger partial charge >= 0.3 is 0 Å². The molecule has 144 valence electrons. The fraction of sp³-hybridized carbons (Fsp3) is 0.0870. The summed E-state index contributed by atoms with van der Waals surface area (Å²) in [6.07, 6.45) is 3.52. The van der Waals surface area contributed by atoms with Gasteiger partial charge in [0.1, 0.15) is 0 Å². The minimum Gasteiger partial charge on any atom is -0.872 e. The molecule has 0 aliphatic carbocycles. The molecule has 0 spiro atoms. The molecule has 5 nitrogen and oxygen atoms in total. The summed E-state index contributed by atoms with van der Waals surface area (Å²) in [7, 11) is 0. The molecule has 1 aliphatic rings. The minimum atomic E-state index is -0.778. The maximum atomic E-state index is 13.2. The van der Waals surface area contributed by atoms with Gasteiger partial charge in [-0.3, -0.25) is 9.59 Å². The summed E-state index contributed by atoms with van der Waals surface area (Å²) in [5, 5.41) is 13.7. The molecule has 0 radical (unpaired) electrons. The van der Waals surface area contributed by atoms with E-state index in [-0.39, 0.29) is 12.1 Å². The van der Waals surface area contributed by atoms with Gasteiger partial charge < -0.3 is 10.0 Å². The third-order valence-electron chi connectivity index (χ3n) is 4.88. The van der Waals surface area contributed by atoms with E-state index in [9.17, 15) is 14.7 Å². The number of benzene rings is 2. The first kappa shape index (κ1) is 18.9. The molecule has 6 heteroatoms. The highest BCUT2D eigenvalue weighted by Crippen LogP contribution is 2.39. The van der Waals surface area contributed by atoms with Gasteiger partial charge in [0.2, 0.25) is 5.78 Å². The van der Waals surface area contributed by atoms with E-state index in [1.807, 2.05) is 12.1 Å². The Morgan fingerprint density at radius 3 is 2.38 bits per heavy atom. The van der Waals surface area contributed by atoms with Gasteiger partial charge in [-0.1, -0.05) is 59.8 Å². The Morgan fingerprint density at radius 1 is 1.00 bits per heavy atom. The van der Waals surface area contributed by atoms with Crippen LogP contribution in [0.2, 0.25) is 5.02 Å². The Balaban J connectivity index is 1.86. The van der Waals surface area contributed by atoms with Crippen molar-refractivity contribution in [1.82, 2.24) is 4.90 Å². The van der Waals surface area contributed by atoms with Crippen molar-refractivity contribution in [1.29, 1.82) is 0 Å². The lowest BCUT2D eigenvalue weighted by molar-refractivity contribution is -0.378. The number of hydrogen-bond acceptors (Lipinski definition) is 3. The molecule has 1 unspecified atom stereocenters. The fourth-order valence-corrected chi connectivity index (χ4v) is 3.62. The minimum absolute atomic E-state index is 0.0385. The van der Waals surface area contributed by atoms with E-state index < -0.39 is 23.5 Å². The van der Waals surface area contributed by atoms with Crippen LogP contribution >= 0.6 is 11.6 Å². The SMILES string of the molecule is O=C1C(=O)N(Cc2ccc[nH+]c2)C(c2ccc(Cl)cc2)/C1=C(\[O-])c1ccccc1. The average molecular weight is 405 g/mol. The van der Waals surface area contributed by atoms with Crippen molar-refractivity contribution in [2.75, 3.05) is 0 Å². The van der Waals surface area contributed by atoms with Crippen LogP contribution in [0.15, 0.2) is 84.7 Å². The van der Waals surface area contributed by atoms with Gasteiger partial charge in [0, 0.05) is 22.2 Å². The lowest BCUT2D eigenvalue weighted by atomic mass is 9.95. The number of nitrogens with one attached hydrogen (secondary N) is 1. The van der Waals surface area contributed by atoms with E-state index >= 15 is 0 Å². The molecule has 1 fully saturated rings. The Morgan fingerprint density at radius 2 is 1.72 bits per heavy atom. The standard InChI is InChI=1S/C23H17ClN2O3/c24-18-10-8-16(9-11-18)20-19(21(27)17-6-2-1-3-7-17)22(28)23(29)26(20)14-15-5-4-12-25-13-15/h1-13,20,27H,14H2/b21-19+. The predicted molar refractivity (Wildman–Crippen MR) is 106 cm³/mol. The molecule has 1 amide bonds. The largest absolute Gasteiger partial charge is 0.872 e. The van der Waals surface area contributed by atoms with Crippen LogP contribution in [0.4, 0.5) is 0 Å². The monoisotopic (exact) mass is 404 g/mol. The van der Waals surface area contributed by atoms with Crippen molar-refractivity contribution in [3.05, 3.63) is 106 Å². The van der Waals surface area contributed by atoms with Crippen molar-refractivity contribution in [2.24, 2.45) is 0 Å². The summed E-state index contributed by atoms with van der Waals surface area (Å²) < 4.78 is 0. The number of aromatic nitrogens is 1. The first-order valence-corrected chi connectivity index (χ1v) is 9.46. The fourth-order valence-electron chi connectivity index (χ4n) is 3.50. The van der Waals surface area contributed by atoms with E-state index in [1.54, 1.807) is 67.0 Å². The quantitative estimate of drug-likeness (QED) is 0.381. The summed E-state index contributed by atoms with van der Waals surface area (Å²) in [4.78, 5) is 30.2. The van der Waals surface area contributed by atoms with Crippen molar-refractivity contribution in [3.63, 3.8) is 0 Å². The molecule has 1 saturated heterocycles.